The van der Waals surface area contributed by atoms with Crippen LogP contribution in [0.5, 0.6) is 0 Å². The molecule has 1 aliphatic carbocycles. The number of rotatable bonds is 4. The lowest BCUT2D eigenvalue weighted by Gasteiger charge is -2.19. The Hall–Kier alpha value is -1.32. The lowest BCUT2D eigenvalue weighted by atomic mass is 10.1. The highest BCUT2D eigenvalue weighted by Gasteiger charge is 2.61. The zero-order valence-corrected chi connectivity index (χ0v) is 13.5. The normalized spacial score (nSPS) is 24.8. The maximum atomic E-state index is 12.1. The van der Waals surface area contributed by atoms with Crippen LogP contribution < -0.4 is 0 Å². The van der Waals surface area contributed by atoms with E-state index >= 15 is 0 Å². The van der Waals surface area contributed by atoms with Crippen molar-refractivity contribution in [2.45, 2.75) is 60.2 Å². The number of carbonyl (C=O) groups is 2. The van der Waals surface area contributed by atoms with Crippen molar-refractivity contribution in [3.8, 4) is 0 Å². The Balaban J connectivity index is 2.63. The molecule has 1 saturated carbocycles. The van der Waals surface area contributed by atoms with Crippen LogP contribution in [0, 0.1) is 17.3 Å². The van der Waals surface area contributed by atoms with Gasteiger partial charge in [0.15, 0.2) is 0 Å². The van der Waals surface area contributed by atoms with E-state index in [9.17, 15) is 9.59 Å². The molecule has 4 nitrogen and oxygen atoms in total. The molecular weight excluding hydrogens is 256 g/mol. The second-order valence-electron chi connectivity index (χ2n) is 7.20. The highest BCUT2D eigenvalue weighted by Crippen LogP contribution is 2.59. The van der Waals surface area contributed by atoms with Gasteiger partial charge >= 0.3 is 11.9 Å². The Bertz CT molecular complexity index is 413. The molecule has 114 valence electrons. The Morgan fingerprint density at radius 3 is 2.20 bits per heavy atom. The summed E-state index contributed by atoms with van der Waals surface area (Å²) < 4.78 is 10.4. The summed E-state index contributed by atoms with van der Waals surface area (Å²) in [6.45, 7) is 13.2. The fraction of sp³-hybridized carbons (Fsp3) is 0.750. The fourth-order valence-electron chi connectivity index (χ4n) is 2.31. The van der Waals surface area contributed by atoms with Crippen LogP contribution in [0.25, 0.3) is 0 Å². The minimum absolute atomic E-state index is 0.0251. The molecule has 1 rings (SSSR count). The summed E-state index contributed by atoms with van der Waals surface area (Å²) in [6.07, 6.45) is 3.04. The molecule has 1 fully saturated rings. The van der Waals surface area contributed by atoms with Gasteiger partial charge < -0.3 is 9.47 Å². The highest BCUT2D eigenvalue weighted by atomic mass is 16.6. The van der Waals surface area contributed by atoms with E-state index in [0.29, 0.717) is 0 Å². The van der Waals surface area contributed by atoms with Gasteiger partial charge in [-0.25, -0.2) is 4.79 Å². The molecule has 0 aliphatic heterocycles. The monoisotopic (exact) mass is 282 g/mol. The summed E-state index contributed by atoms with van der Waals surface area (Å²) in [6, 6.07) is 0. The molecule has 0 spiro atoms. The third-order valence-corrected chi connectivity index (χ3v) is 3.36. The van der Waals surface area contributed by atoms with Gasteiger partial charge in [-0.2, -0.15) is 0 Å². The molecule has 2 atom stereocenters. The van der Waals surface area contributed by atoms with E-state index in [4.69, 9.17) is 9.47 Å². The third kappa shape index (κ3) is 4.36. The van der Waals surface area contributed by atoms with Crippen molar-refractivity contribution in [2.75, 3.05) is 0 Å². The molecule has 0 aromatic heterocycles. The molecule has 0 saturated heterocycles. The lowest BCUT2D eigenvalue weighted by molar-refractivity contribution is -0.157. The van der Waals surface area contributed by atoms with Gasteiger partial charge in [-0.3, -0.25) is 4.79 Å². The molecule has 0 aromatic rings. The highest BCUT2D eigenvalue weighted by molar-refractivity contribution is 5.83. The second-order valence-corrected chi connectivity index (χ2v) is 7.20. The quantitative estimate of drug-likeness (QED) is 0.587. The molecule has 0 aromatic carbocycles. The van der Waals surface area contributed by atoms with Gasteiger partial charge in [-0.05, 0) is 46.0 Å². The van der Waals surface area contributed by atoms with Crippen LogP contribution in [0.3, 0.4) is 0 Å². The van der Waals surface area contributed by atoms with Gasteiger partial charge in [0, 0.05) is 6.08 Å². The summed E-state index contributed by atoms with van der Waals surface area (Å²) in [4.78, 5) is 23.6. The first-order chi connectivity index (χ1) is 8.95. The van der Waals surface area contributed by atoms with E-state index in [-0.39, 0.29) is 35.3 Å². The number of hydrogen-bond donors (Lipinski definition) is 0. The minimum Gasteiger partial charge on any atom is -0.460 e. The van der Waals surface area contributed by atoms with Crippen LogP contribution in [0.15, 0.2) is 12.2 Å². The molecule has 0 unspecified atom stereocenters. The summed E-state index contributed by atoms with van der Waals surface area (Å²) >= 11 is 0. The van der Waals surface area contributed by atoms with Crippen molar-refractivity contribution in [1.82, 2.24) is 0 Å². The van der Waals surface area contributed by atoms with Gasteiger partial charge in [0.2, 0.25) is 0 Å². The van der Waals surface area contributed by atoms with E-state index in [1.807, 2.05) is 34.6 Å². The number of esters is 2. The largest absolute Gasteiger partial charge is 0.460 e. The molecule has 0 N–H and O–H groups in total. The van der Waals surface area contributed by atoms with Crippen LogP contribution in [-0.4, -0.2) is 23.6 Å². The van der Waals surface area contributed by atoms with Crippen molar-refractivity contribution in [2.24, 2.45) is 17.3 Å². The zero-order valence-electron chi connectivity index (χ0n) is 13.5. The van der Waals surface area contributed by atoms with Crippen LogP contribution in [-0.2, 0) is 19.1 Å². The molecule has 0 heterocycles. The summed E-state index contributed by atoms with van der Waals surface area (Å²) in [5.74, 6) is -0.734. The van der Waals surface area contributed by atoms with Gasteiger partial charge in [0.05, 0.1) is 12.0 Å². The van der Waals surface area contributed by atoms with Crippen molar-refractivity contribution < 1.29 is 19.1 Å². The maximum absolute atomic E-state index is 12.1. The van der Waals surface area contributed by atoms with Crippen molar-refractivity contribution in [1.29, 1.82) is 0 Å². The number of carbonyl (C=O) groups excluding carboxylic acids is 2. The van der Waals surface area contributed by atoms with E-state index in [1.165, 1.54) is 6.08 Å². The van der Waals surface area contributed by atoms with Crippen molar-refractivity contribution in [3.63, 3.8) is 0 Å². The average molecular weight is 282 g/mol. The molecule has 20 heavy (non-hydrogen) atoms. The molecule has 4 heteroatoms. The van der Waals surface area contributed by atoms with E-state index in [2.05, 4.69) is 0 Å². The van der Waals surface area contributed by atoms with E-state index in [1.54, 1.807) is 19.9 Å². The van der Waals surface area contributed by atoms with Gasteiger partial charge in [0.25, 0.3) is 0 Å². The fourth-order valence-corrected chi connectivity index (χ4v) is 2.31. The SMILES string of the molecule is CC(C)OC(=O)C=C[C@H]1[C@@H](C(=O)OC(C)(C)C)C1(C)C. The van der Waals surface area contributed by atoms with Gasteiger partial charge in [0.1, 0.15) is 5.60 Å². The second kappa shape index (κ2) is 5.58. The molecule has 0 amide bonds. The van der Waals surface area contributed by atoms with E-state index in [0.717, 1.165) is 0 Å². The van der Waals surface area contributed by atoms with E-state index < -0.39 is 5.60 Å². The Labute approximate surface area is 121 Å². The molecule has 1 aliphatic rings. The minimum atomic E-state index is -0.486. The topological polar surface area (TPSA) is 52.6 Å². The zero-order chi connectivity index (χ0) is 15.7. The van der Waals surface area contributed by atoms with Crippen molar-refractivity contribution in [3.05, 3.63) is 12.2 Å². The number of hydrogen-bond acceptors (Lipinski definition) is 4. The predicted molar refractivity (Wildman–Crippen MR) is 77.0 cm³/mol. The summed E-state index contributed by atoms with van der Waals surface area (Å²) in [5, 5.41) is 0. The van der Waals surface area contributed by atoms with Crippen LogP contribution in [0.4, 0.5) is 0 Å². The van der Waals surface area contributed by atoms with Crippen molar-refractivity contribution >= 4 is 11.9 Å². The lowest BCUT2D eigenvalue weighted by Crippen LogP contribution is -2.26. The van der Waals surface area contributed by atoms with Gasteiger partial charge in [-0.1, -0.05) is 19.9 Å². The smallest absolute Gasteiger partial charge is 0.330 e. The average Bonchev–Trinajstić information content (AvgIpc) is 2.73. The van der Waals surface area contributed by atoms with Crippen LogP contribution >= 0.6 is 0 Å². The Morgan fingerprint density at radius 2 is 1.75 bits per heavy atom. The first kappa shape index (κ1) is 16.7. The van der Waals surface area contributed by atoms with Crippen LogP contribution in [0.1, 0.15) is 48.5 Å². The molecular formula is C16H26O4. The Morgan fingerprint density at radius 1 is 1.20 bits per heavy atom. The maximum Gasteiger partial charge on any atom is 0.330 e. The first-order valence-corrected chi connectivity index (χ1v) is 7.07. The molecule has 0 bridgehead atoms. The third-order valence-electron chi connectivity index (χ3n) is 3.36. The predicted octanol–water partition coefficient (Wildman–Crippen LogP) is 3.11. The molecule has 0 radical (unpaired) electrons. The van der Waals surface area contributed by atoms with Crippen LogP contribution in [0.2, 0.25) is 0 Å². The Kier molecular flexibility index (Phi) is 4.67. The summed E-state index contributed by atoms with van der Waals surface area (Å²) in [5.41, 5.74) is -0.655. The standard InChI is InChI=1S/C16H26O4/c1-10(2)19-12(17)9-8-11-13(16(11,6)7)14(18)20-15(3,4)5/h8-11,13H,1-7H3/t11-,13-/m0/s1. The number of ether oxygens (including phenoxy) is 2. The number of allylic oxidation sites excluding steroid dienone is 1. The summed E-state index contributed by atoms with van der Waals surface area (Å²) in [7, 11) is 0. The van der Waals surface area contributed by atoms with Gasteiger partial charge in [-0.15, -0.1) is 0 Å². The first-order valence-electron chi connectivity index (χ1n) is 7.07.